The lowest BCUT2D eigenvalue weighted by Gasteiger charge is -2.43. The first-order valence-corrected chi connectivity index (χ1v) is 17.3. The standard InChI is InChI=1S/C37H51N3O7/c1-5-7-18-30(42)38-22-29(25-14-10-8-11-15-25)46-36(45)31-28-19-20-37(47-28)32(31)34(43)40(27(23-41)24(3)4)33(37)35(44)39(21-6-2)26-16-12-9-13-17-26/h5-6,8,10-11,14-15,24,26-29,31-33,41H,1-2,7,9,12-13,16-23H2,3-4H3,(H,38,42)/t27-,28+,29-,31-,32-,33+,37-/m0/s1. The molecule has 4 aliphatic rings. The van der Waals surface area contributed by atoms with Crippen LogP contribution in [-0.4, -0.2) is 88.1 Å². The van der Waals surface area contributed by atoms with Crippen molar-refractivity contribution in [1.29, 1.82) is 0 Å². The summed E-state index contributed by atoms with van der Waals surface area (Å²) in [5, 5.41) is 13.4. The Kier molecular flexibility index (Phi) is 11.2. The molecule has 3 heterocycles. The number of nitrogens with one attached hydrogen (secondary N) is 1. The van der Waals surface area contributed by atoms with Gasteiger partial charge in [0.1, 0.15) is 17.7 Å². The number of likely N-dealkylation sites (tertiary alicyclic amines) is 1. The second-order valence-electron chi connectivity index (χ2n) is 13.8. The van der Waals surface area contributed by atoms with Gasteiger partial charge in [-0.1, -0.05) is 75.6 Å². The highest BCUT2D eigenvalue weighted by atomic mass is 16.6. The molecule has 3 saturated heterocycles. The molecule has 7 atom stereocenters. The number of ether oxygens (including phenoxy) is 2. The number of aliphatic hydroxyl groups excluding tert-OH is 1. The van der Waals surface area contributed by atoms with E-state index in [9.17, 15) is 24.3 Å². The van der Waals surface area contributed by atoms with E-state index in [0.717, 1.165) is 32.1 Å². The van der Waals surface area contributed by atoms with Gasteiger partial charge in [-0.3, -0.25) is 19.2 Å². The van der Waals surface area contributed by atoms with Crippen molar-refractivity contribution in [3.8, 4) is 0 Å². The summed E-state index contributed by atoms with van der Waals surface area (Å²) in [6.07, 6.45) is 8.74. The molecule has 3 amide bonds. The molecule has 10 nitrogen and oxygen atoms in total. The highest BCUT2D eigenvalue weighted by Crippen LogP contribution is 2.59. The minimum absolute atomic E-state index is 0.0287. The van der Waals surface area contributed by atoms with Gasteiger partial charge in [-0.05, 0) is 43.6 Å². The molecular formula is C37H51N3O7. The fourth-order valence-electron chi connectivity index (χ4n) is 8.37. The Hall–Kier alpha value is -3.50. The quantitative estimate of drug-likeness (QED) is 0.217. The zero-order valence-electron chi connectivity index (χ0n) is 27.9. The third kappa shape index (κ3) is 6.77. The van der Waals surface area contributed by atoms with E-state index in [-0.39, 0.29) is 49.3 Å². The number of hydrogen-bond acceptors (Lipinski definition) is 7. The second-order valence-corrected chi connectivity index (χ2v) is 13.8. The summed E-state index contributed by atoms with van der Waals surface area (Å²) in [5.41, 5.74) is -0.496. The summed E-state index contributed by atoms with van der Waals surface area (Å²) in [6.45, 7) is 11.5. The Labute approximate surface area is 278 Å². The Morgan fingerprint density at radius 2 is 1.85 bits per heavy atom. The van der Waals surface area contributed by atoms with Crippen molar-refractivity contribution < 1.29 is 33.8 Å². The number of allylic oxidation sites excluding steroid dienone is 1. The normalized spacial score (nSPS) is 28.1. The summed E-state index contributed by atoms with van der Waals surface area (Å²) in [5.74, 6) is -3.32. The van der Waals surface area contributed by atoms with Crippen molar-refractivity contribution >= 4 is 23.7 Å². The number of rotatable bonds is 15. The largest absolute Gasteiger partial charge is 0.455 e. The van der Waals surface area contributed by atoms with Crippen LogP contribution < -0.4 is 5.32 Å². The topological polar surface area (TPSA) is 125 Å². The highest BCUT2D eigenvalue weighted by Gasteiger charge is 2.76. The molecule has 2 bridgehead atoms. The summed E-state index contributed by atoms with van der Waals surface area (Å²) >= 11 is 0. The van der Waals surface area contributed by atoms with Gasteiger partial charge in [0.25, 0.3) is 0 Å². The fourth-order valence-corrected chi connectivity index (χ4v) is 8.37. The van der Waals surface area contributed by atoms with Crippen molar-refractivity contribution in [3.63, 3.8) is 0 Å². The van der Waals surface area contributed by atoms with Crippen molar-refractivity contribution in [2.45, 2.75) is 108 Å². The molecule has 2 N–H and O–H groups in total. The number of hydrogen-bond donors (Lipinski definition) is 2. The molecule has 47 heavy (non-hydrogen) atoms. The number of aliphatic hydroxyl groups is 1. The number of benzene rings is 1. The zero-order valence-corrected chi connectivity index (χ0v) is 27.9. The monoisotopic (exact) mass is 649 g/mol. The molecule has 0 unspecified atom stereocenters. The molecule has 10 heteroatoms. The summed E-state index contributed by atoms with van der Waals surface area (Å²) in [4.78, 5) is 59.4. The van der Waals surface area contributed by atoms with Gasteiger partial charge in [0.15, 0.2) is 0 Å². The van der Waals surface area contributed by atoms with Crippen LogP contribution in [0, 0.1) is 17.8 Å². The number of carbonyl (C=O) groups is 4. The molecule has 1 aliphatic carbocycles. The minimum atomic E-state index is -1.21. The fraction of sp³-hybridized carbons (Fsp3) is 0.622. The van der Waals surface area contributed by atoms with Crippen molar-refractivity contribution in [1.82, 2.24) is 15.1 Å². The molecule has 1 aromatic rings. The zero-order chi connectivity index (χ0) is 33.7. The Morgan fingerprint density at radius 1 is 1.13 bits per heavy atom. The molecule has 256 valence electrons. The van der Waals surface area contributed by atoms with E-state index >= 15 is 0 Å². The smallest absolute Gasteiger partial charge is 0.313 e. The van der Waals surface area contributed by atoms with Crippen LogP contribution in [0.25, 0.3) is 0 Å². The van der Waals surface area contributed by atoms with E-state index in [4.69, 9.17) is 9.47 Å². The van der Waals surface area contributed by atoms with E-state index in [1.54, 1.807) is 17.1 Å². The van der Waals surface area contributed by atoms with Crippen LogP contribution in [0.4, 0.5) is 0 Å². The summed E-state index contributed by atoms with van der Waals surface area (Å²) in [6, 6.07) is 7.62. The number of esters is 1. The number of carbonyl (C=O) groups excluding carboxylic acids is 4. The van der Waals surface area contributed by atoms with Gasteiger partial charge < -0.3 is 29.7 Å². The van der Waals surface area contributed by atoms with Gasteiger partial charge >= 0.3 is 5.97 Å². The first-order chi connectivity index (χ1) is 22.7. The molecule has 1 saturated carbocycles. The van der Waals surface area contributed by atoms with Crippen LogP contribution in [-0.2, 0) is 28.7 Å². The number of fused-ring (bicyclic) bond motifs is 1. The lowest BCUT2D eigenvalue weighted by molar-refractivity contribution is -0.161. The maximum atomic E-state index is 14.8. The average molecular weight is 650 g/mol. The Bertz CT molecular complexity index is 1310. The van der Waals surface area contributed by atoms with Crippen molar-refractivity contribution in [2.75, 3.05) is 19.7 Å². The van der Waals surface area contributed by atoms with Crippen molar-refractivity contribution in [3.05, 3.63) is 61.2 Å². The Balaban J connectivity index is 1.47. The summed E-state index contributed by atoms with van der Waals surface area (Å²) in [7, 11) is 0. The number of amides is 3. The SMILES string of the molecule is C=CCCC(=O)NC[C@H](OC(=O)[C@@H]1[C@H]2C(=O)N([C@@H](CO)C(C)C)[C@H](C(=O)N(CC=C)C3CCCCC3)[C@]23CC[C@H]1O3)c1ccccc1. The van der Waals surface area contributed by atoms with Gasteiger partial charge in [-0.25, -0.2) is 0 Å². The molecular weight excluding hydrogens is 598 g/mol. The predicted molar refractivity (Wildman–Crippen MR) is 177 cm³/mol. The van der Waals surface area contributed by atoms with Gasteiger partial charge in [0, 0.05) is 19.0 Å². The summed E-state index contributed by atoms with van der Waals surface area (Å²) < 4.78 is 12.8. The lowest BCUT2D eigenvalue weighted by Crippen LogP contribution is -2.61. The first-order valence-electron chi connectivity index (χ1n) is 17.3. The van der Waals surface area contributed by atoms with E-state index in [2.05, 4.69) is 18.5 Å². The van der Waals surface area contributed by atoms with Crippen molar-refractivity contribution in [2.24, 2.45) is 17.8 Å². The molecule has 1 aromatic carbocycles. The predicted octanol–water partition coefficient (Wildman–Crippen LogP) is 4.09. The molecule has 5 rings (SSSR count). The van der Waals surface area contributed by atoms with Crippen LogP contribution in [0.1, 0.15) is 83.3 Å². The van der Waals surface area contributed by atoms with E-state index in [1.807, 2.05) is 49.1 Å². The molecule has 0 aromatic heterocycles. The second kappa shape index (κ2) is 15.2. The van der Waals surface area contributed by atoms with Crippen LogP contribution in [0.2, 0.25) is 0 Å². The van der Waals surface area contributed by atoms with Gasteiger partial charge in [0.2, 0.25) is 17.7 Å². The maximum absolute atomic E-state index is 14.8. The minimum Gasteiger partial charge on any atom is -0.455 e. The average Bonchev–Trinajstić information content (AvgIpc) is 3.72. The van der Waals surface area contributed by atoms with E-state index in [0.29, 0.717) is 31.4 Å². The Morgan fingerprint density at radius 3 is 2.49 bits per heavy atom. The van der Waals surface area contributed by atoms with Crippen LogP contribution in [0.15, 0.2) is 55.6 Å². The molecule has 1 spiro atoms. The van der Waals surface area contributed by atoms with E-state index in [1.165, 1.54) is 0 Å². The lowest BCUT2D eigenvalue weighted by atomic mass is 9.70. The third-order valence-corrected chi connectivity index (χ3v) is 10.7. The third-order valence-electron chi connectivity index (χ3n) is 10.7. The van der Waals surface area contributed by atoms with Gasteiger partial charge in [-0.2, -0.15) is 0 Å². The van der Waals surface area contributed by atoms with E-state index < -0.39 is 47.7 Å². The maximum Gasteiger partial charge on any atom is 0.313 e. The van der Waals surface area contributed by atoms with Crippen LogP contribution in [0.5, 0.6) is 0 Å². The molecule has 0 radical (unpaired) electrons. The van der Waals surface area contributed by atoms with Crippen LogP contribution >= 0.6 is 0 Å². The van der Waals surface area contributed by atoms with Gasteiger partial charge in [0.05, 0.1) is 37.1 Å². The molecule has 3 aliphatic heterocycles. The first kappa shape index (κ1) is 34.8. The molecule has 4 fully saturated rings. The highest BCUT2D eigenvalue weighted by molar-refractivity contribution is 5.98. The van der Waals surface area contributed by atoms with Gasteiger partial charge in [-0.15, -0.1) is 13.2 Å². The number of nitrogens with zero attached hydrogens (tertiary/aromatic N) is 2. The van der Waals surface area contributed by atoms with Crippen LogP contribution in [0.3, 0.4) is 0 Å².